The number of carbonyl (C=O) groups excluding carboxylic acids is 2. The minimum Gasteiger partial charge on any atom is -0.493 e. The molecular weight excluding hydrogens is 492 g/mol. The van der Waals surface area contributed by atoms with E-state index in [4.69, 9.17) is 14.6 Å². The van der Waals surface area contributed by atoms with Gasteiger partial charge in [0.2, 0.25) is 0 Å². The fourth-order valence-corrected chi connectivity index (χ4v) is 4.59. The van der Waals surface area contributed by atoms with Gasteiger partial charge in [0.1, 0.15) is 18.9 Å². The standard InChI is InChI=1S/C31H46N2O4.CH4O/c1-5-9-10-11-12-15-24-36-29-17-14-13-16-28(29)30(34)32-27-20-18-26(19-21-27)31(35)37-25-23-33(7-3,8-4)22-6-2;1-2/h13-14,16-21H,5-12,15,22-25H2,1-4H3;2H,1H3/p+1. The SMILES string of the molecule is CCCCCCCCOc1ccccc1C(=O)Nc1ccc(C(=O)OCC[N+](CC)(CC)CCC)cc1.CO. The molecule has 2 aromatic rings. The average Bonchev–Trinajstić information content (AvgIpc) is 2.97. The van der Waals surface area contributed by atoms with Gasteiger partial charge in [-0.3, -0.25) is 4.79 Å². The van der Waals surface area contributed by atoms with Crippen LogP contribution in [0.5, 0.6) is 5.75 Å². The first-order valence-corrected chi connectivity index (χ1v) is 14.6. The molecule has 2 N–H and O–H groups in total. The van der Waals surface area contributed by atoms with E-state index in [0.29, 0.717) is 35.8 Å². The molecule has 0 saturated heterocycles. The Morgan fingerprint density at radius 2 is 1.41 bits per heavy atom. The van der Waals surface area contributed by atoms with Crippen molar-refractivity contribution in [3.8, 4) is 5.75 Å². The van der Waals surface area contributed by atoms with Crippen LogP contribution >= 0.6 is 0 Å². The van der Waals surface area contributed by atoms with Crippen LogP contribution in [0.15, 0.2) is 48.5 Å². The number of aliphatic hydroxyl groups excluding tert-OH is 1. The zero-order chi connectivity index (χ0) is 28.9. The minimum atomic E-state index is -0.340. The highest BCUT2D eigenvalue weighted by atomic mass is 16.5. The van der Waals surface area contributed by atoms with Gasteiger partial charge in [-0.2, -0.15) is 0 Å². The molecule has 0 aliphatic carbocycles. The van der Waals surface area contributed by atoms with Gasteiger partial charge < -0.3 is 24.4 Å². The van der Waals surface area contributed by atoms with Crippen molar-refractivity contribution in [1.29, 1.82) is 0 Å². The van der Waals surface area contributed by atoms with Crippen molar-refractivity contribution in [2.24, 2.45) is 0 Å². The highest BCUT2D eigenvalue weighted by Crippen LogP contribution is 2.21. The van der Waals surface area contributed by atoms with Crippen molar-refractivity contribution < 1.29 is 28.7 Å². The number of carbonyl (C=O) groups is 2. The molecule has 7 heteroatoms. The highest BCUT2D eigenvalue weighted by Gasteiger charge is 2.22. The van der Waals surface area contributed by atoms with Gasteiger partial charge >= 0.3 is 5.97 Å². The number of unbranched alkanes of at least 4 members (excludes halogenated alkanes) is 5. The molecule has 0 bridgehead atoms. The van der Waals surface area contributed by atoms with Crippen molar-refractivity contribution >= 4 is 17.6 Å². The Labute approximate surface area is 236 Å². The summed E-state index contributed by atoms with van der Waals surface area (Å²) in [6.45, 7) is 13.7. The second kappa shape index (κ2) is 20.1. The van der Waals surface area contributed by atoms with Crippen molar-refractivity contribution in [3.63, 3.8) is 0 Å². The third-order valence-corrected chi connectivity index (χ3v) is 7.10. The number of aliphatic hydroxyl groups is 1. The van der Waals surface area contributed by atoms with E-state index in [-0.39, 0.29) is 11.9 Å². The van der Waals surface area contributed by atoms with E-state index in [1.807, 2.05) is 18.2 Å². The summed E-state index contributed by atoms with van der Waals surface area (Å²) in [4.78, 5) is 25.5. The predicted molar refractivity (Wildman–Crippen MR) is 160 cm³/mol. The third-order valence-electron chi connectivity index (χ3n) is 7.10. The highest BCUT2D eigenvalue weighted by molar-refractivity contribution is 6.06. The number of para-hydroxylation sites is 1. The molecule has 0 spiro atoms. The van der Waals surface area contributed by atoms with E-state index >= 15 is 0 Å². The molecule has 7 nitrogen and oxygen atoms in total. The first-order chi connectivity index (χ1) is 19.0. The zero-order valence-corrected chi connectivity index (χ0v) is 24.8. The van der Waals surface area contributed by atoms with Crippen LogP contribution in [0.2, 0.25) is 0 Å². The molecule has 0 aliphatic heterocycles. The fourth-order valence-electron chi connectivity index (χ4n) is 4.59. The van der Waals surface area contributed by atoms with Crippen LogP contribution in [0.3, 0.4) is 0 Å². The molecule has 2 aromatic carbocycles. The molecule has 1 amide bonds. The van der Waals surface area contributed by atoms with Crippen molar-refractivity contribution in [1.82, 2.24) is 0 Å². The maximum atomic E-state index is 12.9. The summed E-state index contributed by atoms with van der Waals surface area (Å²) in [7, 11) is 1.00. The van der Waals surface area contributed by atoms with Gasteiger partial charge in [-0.15, -0.1) is 0 Å². The van der Waals surface area contributed by atoms with Gasteiger partial charge in [0.15, 0.2) is 0 Å². The lowest BCUT2D eigenvalue weighted by Crippen LogP contribution is -2.50. The second-order valence-electron chi connectivity index (χ2n) is 9.70. The first-order valence-electron chi connectivity index (χ1n) is 14.6. The smallest absolute Gasteiger partial charge is 0.338 e. The Bertz CT molecular complexity index is 942. The van der Waals surface area contributed by atoms with Crippen molar-refractivity contribution in [2.45, 2.75) is 72.6 Å². The average molecular weight is 544 g/mol. The lowest BCUT2D eigenvalue weighted by molar-refractivity contribution is -0.925. The van der Waals surface area contributed by atoms with E-state index in [1.165, 1.54) is 25.7 Å². The quantitative estimate of drug-likeness (QED) is 0.124. The predicted octanol–water partition coefficient (Wildman–Crippen LogP) is 6.71. The molecular formula is C32H51N2O5+. The van der Waals surface area contributed by atoms with Gasteiger partial charge in [-0.25, -0.2) is 4.79 Å². The van der Waals surface area contributed by atoms with Crippen molar-refractivity contribution in [3.05, 3.63) is 59.7 Å². The summed E-state index contributed by atoms with van der Waals surface area (Å²) < 4.78 is 12.4. The summed E-state index contributed by atoms with van der Waals surface area (Å²) in [6, 6.07) is 14.1. The molecule has 0 radical (unpaired) electrons. The summed E-state index contributed by atoms with van der Waals surface area (Å²) in [5, 5.41) is 9.91. The molecule has 0 aromatic heterocycles. The van der Waals surface area contributed by atoms with E-state index in [1.54, 1.807) is 30.3 Å². The number of benzene rings is 2. The van der Waals surface area contributed by atoms with Gasteiger partial charge in [0, 0.05) is 12.8 Å². The van der Waals surface area contributed by atoms with Crippen molar-refractivity contribution in [2.75, 3.05) is 51.8 Å². The van der Waals surface area contributed by atoms with Crippen LogP contribution in [-0.4, -0.2) is 68.0 Å². The molecule has 218 valence electrons. The van der Waals surface area contributed by atoms with E-state index < -0.39 is 0 Å². The topological polar surface area (TPSA) is 84.9 Å². The largest absolute Gasteiger partial charge is 0.493 e. The van der Waals surface area contributed by atoms with E-state index in [2.05, 4.69) is 33.0 Å². The Hall–Kier alpha value is -2.90. The Morgan fingerprint density at radius 1 is 0.769 bits per heavy atom. The van der Waals surface area contributed by atoms with Gasteiger partial charge in [-0.1, -0.05) is 58.1 Å². The lowest BCUT2D eigenvalue weighted by atomic mass is 10.1. The molecule has 0 atom stereocenters. The third kappa shape index (κ3) is 12.2. The number of likely N-dealkylation sites (N-methyl/N-ethyl adjacent to an activating group) is 1. The molecule has 0 saturated carbocycles. The Kier molecular flexibility index (Phi) is 17.6. The minimum absolute atomic E-state index is 0.238. The second-order valence-corrected chi connectivity index (χ2v) is 9.70. The number of hydrogen-bond donors (Lipinski definition) is 2. The van der Waals surface area contributed by atoms with E-state index in [9.17, 15) is 9.59 Å². The number of quaternary nitrogens is 1. The Morgan fingerprint density at radius 3 is 2.05 bits per heavy atom. The van der Waals surface area contributed by atoms with Crippen LogP contribution < -0.4 is 10.1 Å². The first kappa shape index (κ1) is 34.1. The normalized spacial score (nSPS) is 10.8. The molecule has 39 heavy (non-hydrogen) atoms. The number of rotatable bonds is 18. The molecule has 2 rings (SSSR count). The van der Waals surface area contributed by atoms with Gasteiger partial charge in [0.25, 0.3) is 5.91 Å². The lowest BCUT2D eigenvalue weighted by Gasteiger charge is -2.36. The monoisotopic (exact) mass is 543 g/mol. The summed E-state index contributed by atoms with van der Waals surface area (Å²) in [5.41, 5.74) is 1.59. The van der Waals surface area contributed by atoms with Gasteiger partial charge in [0.05, 0.1) is 37.4 Å². The van der Waals surface area contributed by atoms with E-state index in [0.717, 1.165) is 57.0 Å². The summed E-state index contributed by atoms with van der Waals surface area (Å²) in [5.74, 6) is 0.0108. The van der Waals surface area contributed by atoms with Gasteiger partial charge in [-0.05, 0) is 63.1 Å². The summed E-state index contributed by atoms with van der Waals surface area (Å²) >= 11 is 0. The molecule has 0 fully saturated rings. The summed E-state index contributed by atoms with van der Waals surface area (Å²) in [6.07, 6.45) is 8.23. The Balaban J connectivity index is 0.00000371. The molecule has 0 heterocycles. The number of ether oxygens (including phenoxy) is 2. The molecule has 0 aliphatic rings. The number of anilines is 1. The van der Waals surface area contributed by atoms with Crippen LogP contribution in [-0.2, 0) is 4.74 Å². The van der Waals surface area contributed by atoms with Crippen LogP contribution in [0.4, 0.5) is 5.69 Å². The zero-order valence-electron chi connectivity index (χ0n) is 24.8. The van der Waals surface area contributed by atoms with Crippen LogP contribution in [0.25, 0.3) is 0 Å². The maximum absolute atomic E-state index is 12.9. The van der Waals surface area contributed by atoms with Crippen LogP contribution in [0, 0.1) is 0 Å². The number of nitrogens with one attached hydrogen (secondary N) is 1. The number of amides is 1. The maximum Gasteiger partial charge on any atom is 0.338 e. The van der Waals surface area contributed by atoms with Crippen LogP contribution in [0.1, 0.15) is 93.4 Å². The number of esters is 1. The molecule has 0 unspecified atom stereocenters. The number of hydrogen-bond acceptors (Lipinski definition) is 5. The fraction of sp³-hybridized carbons (Fsp3) is 0.562. The number of nitrogens with zero attached hydrogens (tertiary/aromatic N) is 1.